The second-order valence-corrected chi connectivity index (χ2v) is 9.86. The van der Waals surface area contributed by atoms with Crippen molar-refractivity contribution in [2.24, 2.45) is 0 Å². The number of rotatable bonds is 2. The number of anilines is 1. The van der Waals surface area contributed by atoms with Crippen LogP contribution < -0.4 is 4.90 Å². The molecule has 2 aliphatic heterocycles. The number of benzene rings is 1. The molecule has 1 fully saturated rings. The molecule has 26 heavy (non-hydrogen) atoms. The van der Waals surface area contributed by atoms with Gasteiger partial charge in [0.05, 0.1) is 0 Å². The standard InChI is InChI=1S/C19H17N3O2STe/c1-20-17(23)15(18(24)21(2)19(20)25)9-14-7-8-16(26-14)22-10-12-5-3-4-6-13(12)11-22/h3-9H,10-11H2,1-2H3. The summed E-state index contributed by atoms with van der Waals surface area (Å²) in [6, 6.07) is 12.7. The molecule has 0 spiro atoms. The van der Waals surface area contributed by atoms with Crippen LogP contribution in [0.2, 0.25) is 0 Å². The molecule has 1 aromatic carbocycles. The molecule has 1 saturated heterocycles. The van der Waals surface area contributed by atoms with E-state index in [9.17, 15) is 9.59 Å². The fraction of sp³-hybridized carbons (Fsp3) is 0.211. The third-order valence-corrected chi connectivity index (χ3v) is 8.36. The van der Waals surface area contributed by atoms with Crippen LogP contribution in [0.25, 0.3) is 6.08 Å². The normalized spacial score (nSPS) is 17.2. The van der Waals surface area contributed by atoms with E-state index in [0.29, 0.717) is 0 Å². The summed E-state index contributed by atoms with van der Waals surface area (Å²) in [5, 5.41) is 0.239. The average molecular weight is 479 g/mol. The fourth-order valence-electron chi connectivity index (χ4n) is 3.20. The molecule has 0 unspecified atom stereocenters. The minimum absolute atomic E-state index is 0.194. The van der Waals surface area contributed by atoms with Crippen LogP contribution in [-0.2, 0) is 22.7 Å². The van der Waals surface area contributed by atoms with Crippen LogP contribution in [0.4, 0.5) is 3.70 Å². The van der Waals surface area contributed by atoms with E-state index in [1.807, 2.05) is 6.07 Å². The zero-order chi connectivity index (χ0) is 18.4. The first kappa shape index (κ1) is 17.5. The van der Waals surface area contributed by atoms with Crippen molar-refractivity contribution < 1.29 is 9.59 Å². The second kappa shape index (κ2) is 6.66. The van der Waals surface area contributed by atoms with E-state index >= 15 is 0 Å². The van der Waals surface area contributed by atoms with Crippen molar-refractivity contribution in [1.82, 2.24) is 9.80 Å². The summed E-state index contributed by atoms with van der Waals surface area (Å²) in [4.78, 5) is 30.0. The van der Waals surface area contributed by atoms with E-state index in [0.717, 1.165) is 16.7 Å². The SMILES string of the molecule is CN1C(=O)C(=Cc2ccc(N3Cc4ccccc4C3)[te]2)C(=O)N(C)C1=S. The molecule has 0 saturated carbocycles. The Morgan fingerprint density at radius 2 is 1.54 bits per heavy atom. The Morgan fingerprint density at radius 3 is 2.12 bits per heavy atom. The predicted molar refractivity (Wildman–Crippen MR) is 106 cm³/mol. The number of hydrogen-bond acceptors (Lipinski definition) is 4. The van der Waals surface area contributed by atoms with Crippen molar-refractivity contribution in [2.75, 3.05) is 19.0 Å². The van der Waals surface area contributed by atoms with Crippen molar-refractivity contribution in [3.05, 3.63) is 56.7 Å². The van der Waals surface area contributed by atoms with E-state index in [-0.39, 0.29) is 22.5 Å². The van der Waals surface area contributed by atoms with Crippen LogP contribution in [-0.4, -0.2) is 61.3 Å². The molecule has 0 radical (unpaired) electrons. The van der Waals surface area contributed by atoms with Gasteiger partial charge in [0.15, 0.2) is 0 Å². The van der Waals surface area contributed by atoms with Gasteiger partial charge in [-0.25, -0.2) is 0 Å². The first-order valence-electron chi connectivity index (χ1n) is 8.19. The molecule has 0 aliphatic carbocycles. The summed E-state index contributed by atoms with van der Waals surface area (Å²) in [5.74, 6) is -0.651. The van der Waals surface area contributed by atoms with Gasteiger partial charge in [0.1, 0.15) is 0 Å². The Balaban J connectivity index is 1.59. The van der Waals surface area contributed by atoms with Gasteiger partial charge in [-0.05, 0) is 0 Å². The van der Waals surface area contributed by atoms with Crippen LogP contribution in [0.1, 0.15) is 14.7 Å². The fourth-order valence-corrected chi connectivity index (χ4v) is 6.07. The van der Waals surface area contributed by atoms with Gasteiger partial charge in [-0.3, -0.25) is 0 Å². The van der Waals surface area contributed by atoms with Gasteiger partial charge >= 0.3 is 168 Å². The Kier molecular flexibility index (Phi) is 4.47. The van der Waals surface area contributed by atoms with Crippen molar-refractivity contribution >= 4 is 59.4 Å². The Hall–Kier alpha value is -1.94. The number of likely N-dealkylation sites (N-methyl/N-ethyl adjacent to an activating group) is 2. The number of fused-ring (bicyclic) bond motifs is 1. The van der Waals surface area contributed by atoms with Gasteiger partial charge in [-0.1, -0.05) is 0 Å². The molecule has 5 nitrogen and oxygen atoms in total. The van der Waals surface area contributed by atoms with Crippen molar-refractivity contribution in [3.8, 4) is 0 Å². The van der Waals surface area contributed by atoms with Gasteiger partial charge in [0.25, 0.3) is 0 Å². The summed E-state index contributed by atoms with van der Waals surface area (Å²) >= 11 is 4.50. The molecule has 1 aromatic heterocycles. The van der Waals surface area contributed by atoms with Crippen molar-refractivity contribution in [2.45, 2.75) is 13.1 Å². The summed E-state index contributed by atoms with van der Waals surface area (Å²) < 4.78 is 2.43. The summed E-state index contributed by atoms with van der Waals surface area (Å²) in [6.45, 7) is 1.87. The number of amides is 2. The van der Waals surface area contributed by atoms with Gasteiger partial charge in [-0.15, -0.1) is 0 Å². The number of nitrogens with zero attached hydrogens (tertiary/aromatic N) is 3. The number of carbonyl (C=O) groups is 2. The second-order valence-electron chi connectivity index (χ2n) is 6.37. The van der Waals surface area contributed by atoms with Gasteiger partial charge in [-0.2, -0.15) is 0 Å². The van der Waals surface area contributed by atoms with Crippen LogP contribution in [0.3, 0.4) is 0 Å². The first-order chi connectivity index (χ1) is 12.5. The van der Waals surface area contributed by atoms with E-state index in [1.54, 1.807) is 20.2 Å². The Bertz CT molecular complexity index is 914. The molecule has 0 N–H and O–H groups in total. The van der Waals surface area contributed by atoms with Gasteiger partial charge in [0, 0.05) is 0 Å². The maximum absolute atomic E-state index is 12.4. The molecule has 0 atom stereocenters. The van der Waals surface area contributed by atoms with E-state index in [2.05, 4.69) is 35.2 Å². The summed E-state index contributed by atoms with van der Waals surface area (Å²) in [7, 11) is 3.21. The quantitative estimate of drug-likeness (QED) is 0.286. The van der Waals surface area contributed by atoms with Crippen molar-refractivity contribution in [1.29, 1.82) is 0 Å². The Labute approximate surface area is 167 Å². The van der Waals surface area contributed by atoms with E-state index in [4.69, 9.17) is 12.2 Å². The van der Waals surface area contributed by atoms with Gasteiger partial charge < -0.3 is 0 Å². The number of hydrogen-bond donors (Lipinski definition) is 0. The van der Waals surface area contributed by atoms with Crippen LogP contribution in [0.5, 0.6) is 0 Å². The molecule has 4 rings (SSSR count). The zero-order valence-corrected chi connectivity index (χ0v) is 17.6. The molecular formula is C19H17N3O2STe. The Morgan fingerprint density at radius 1 is 0.962 bits per heavy atom. The summed E-state index contributed by atoms with van der Waals surface area (Å²) in [5.41, 5.74) is 2.95. The first-order valence-corrected chi connectivity index (χ1v) is 10.9. The number of thiocarbonyl (C=S) groups is 1. The molecule has 7 heteroatoms. The van der Waals surface area contributed by atoms with Gasteiger partial charge in [0.2, 0.25) is 0 Å². The molecular weight excluding hydrogens is 462 g/mol. The maximum atomic E-state index is 12.4. The molecule has 2 aliphatic rings. The molecule has 3 heterocycles. The molecule has 2 aromatic rings. The third kappa shape index (κ3) is 2.90. The summed E-state index contributed by atoms with van der Waals surface area (Å²) in [6.07, 6.45) is 1.76. The van der Waals surface area contributed by atoms with Crippen LogP contribution in [0, 0.1) is 0 Å². The van der Waals surface area contributed by atoms with E-state index < -0.39 is 20.4 Å². The van der Waals surface area contributed by atoms with E-state index in [1.165, 1.54) is 24.6 Å². The third-order valence-electron chi connectivity index (χ3n) is 4.70. The predicted octanol–water partition coefficient (Wildman–Crippen LogP) is 1.86. The van der Waals surface area contributed by atoms with Crippen LogP contribution in [0.15, 0.2) is 42.0 Å². The zero-order valence-electron chi connectivity index (χ0n) is 14.4. The molecule has 0 bridgehead atoms. The average Bonchev–Trinajstić information content (AvgIpc) is 3.28. The number of carbonyl (C=O) groups excluding carboxylic acids is 2. The minimum atomic E-state index is -0.621. The topological polar surface area (TPSA) is 43.9 Å². The van der Waals surface area contributed by atoms with Crippen molar-refractivity contribution in [3.63, 3.8) is 0 Å². The molecule has 132 valence electrons. The monoisotopic (exact) mass is 481 g/mol. The van der Waals surface area contributed by atoms with Crippen LogP contribution >= 0.6 is 12.2 Å². The molecule has 2 amide bonds.